The quantitative estimate of drug-likeness (QED) is 0.831. The van der Waals surface area contributed by atoms with Gasteiger partial charge in [0.05, 0.1) is 25.7 Å². The predicted molar refractivity (Wildman–Crippen MR) is 85.8 cm³/mol. The predicted octanol–water partition coefficient (Wildman–Crippen LogP) is 1.15. The SMILES string of the molecule is O=C(COCc1ccccc1)N1CC[C@@]23OCCCN2C(=O)C[C@@H]13. The Hall–Kier alpha value is -1.92. The minimum absolute atomic E-state index is 0.0374. The Kier molecular flexibility index (Phi) is 4.02. The van der Waals surface area contributed by atoms with E-state index in [-0.39, 0.29) is 24.5 Å². The molecule has 0 radical (unpaired) electrons. The van der Waals surface area contributed by atoms with Crippen molar-refractivity contribution in [2.45, 2.75) is 37.6 Å². The molecule has 1 aromatic rings. The molecule has 0 aliphatic carbocycles. The van der Waals surface area contributed by atoms with Crippen molar-refractivity contribution in [2.24, 2.45) is 0 Å². The first kappa shape index (κ1) is 15.6. The number of nitrogens with zero attached hydrogens (tertiary/aromatic N) is 2. The summed E-state index contributed by atoms with van der Waals surface area (Å²) in [5.41, 5.74) is 0.464. The standard InChI is InChI=1S/C18H22N2O4/c21-16-11-15-18(20(16)8-4-10-24-18)7-9-19(15)17(22)13-23-12-14-5-2-1-3-6-14/h1-3,5-6,15H,4,7-13H2/t15-,18+/m1/s1. The van der Waals surface area contributed by atoms with Gasteiger partial charge in [0, 0.05) is 19.5 Å². The fraction of sp³-hybridized carbons (Fsp3) is 0.556. The molecule has 1 spiro atoms. The molecule has 128 valence electrons. The number of carbonyl (C=O) groups excluding carboxylic acids is 2. The topological polar surface area (TPSA) is 59.1 Å². The van der Waals surface area contributed by atoms with Crippen LogP contribution >= 0.6 is 0 Å². The van der Waals surface area contributed by atoms with Gasteiger partial charge >= 0.3 is 0 Å². The number of rotatable bonds is 4. The molecule has 0 N–H and O–H groups in total. The molecule has 0 unspecified atom stereocenters. The third-order valence-electron chi connectivity index (χ3n) is 5.27. The van der Waals surface area contributed by atoms with E-state index in [1.54, 1.807) is 4.90 Å². The molecule has 3 aliphatic rings. The molecule has 3 aliphatic heterocycles. The average molecular weight is 330 g/mol. The van der Waals surface area contributed by atoms with Gasteiger partial charge in [0.2, 0.25) is 11.8 Å². The molecule has 2 amide bonds. The largest absolute Gasteiger partial charge is 0.367 e. The molecular formula is C18H22N2O4. The summed E-state index contributed by atoms with van der Waals surface area (Å²) < 4.78 is 11.6. The van der Waals surface area contributed by atoms with Gasteiger partial charge < -0.3 is 19.3 Å². The lowest BCUT2D eigenvalue weighted by Crippen LogP contribution is -2.56. The molecule has 3 fully saturated rings. The number of hydrogen-bond acceptors (Lipinski definition) is 4. The van der Waals surface area contributed by atoms with Gasteiger partial charge in [0.1, 0.15) is 6.61 Å². The summed E-state index contributed by atoms with van der Waals surface area (Å²) >= 11 is 0. The second-order valence-corrected chi connectivity index (χ2v) is 6.63. The highest BCUT2D eigenvalue weighted by molar-refractivity contribution is 5.84. The number of hydrogen-bond donors (Lipinski definition) is 0. The minimum Gasteiger partial charge on any atom is -0.367 e. The molecule has 4 rings (SSSR count). The molecule has 0 aromatic heterocycles. The Morgan fingerprint density at radius 3 is 2.96 bits per heavy atom. The smallest absolute Gasteiger partial charge is 0.249 e. The third kappa shape index (κ3) is 2.50. The minimum atomic E-state index is -0.579. The van der Waals surface area contributed by atoms with Crippen LogP contribution in [0.3, 0.4) is 0 Å². The molecule has 0 bridgehead atoms. The highest BCUT2D eigenvalue weighted by Crippen LogP contribution is 2.44. The van der Waals surface area contributed by atoms with E-state index in [0.29, 0.717) is 32.6 Å². The highest BCUT2D eigenvalue weighted by Gasteiger charge is 2.61. The van der Waals surface area contributed by atoms with E-state index in [0.717, 1.165) is 18.5 Å². The fourth-order valence-electron chi connectivity index (χ4n) is 4.16. The van der Waals surface area contributed by atoms with Crippen LogP contribution < -0.4 is 0 Å². The zero-order valence-electron chi connectivity index (χ0n) is 13.6. The maximum Gasteiger partial charge on any atom is 0.249 e. The van der Waals surface area contributed by atoms with Gasteiger partial charge in [-0.3, -0.25) is 9.59 Å². The summed E-state index contributed by atoms with van der Waals surface area (Å²) in [6.45, 7) is 2.48. The average Bonchev–Trinajstić information content (AvgIpc) is 3.08. The molecule has 24 heavy (non-hydrogen) atoms. The number of ether oxygens (including phenoxy) is 2. The van der Waals surface area contributed by atoms with Gasteiger partial charge in [-0.15, -0.1) is 0 Å². The Balaban J connectivity index is 1.38. The molecule has 0 saturated carbocycles. The normalized spacial score (nSPS) is 28.8. The number of likely N-dealkylation sites (tertiary alicyclic amines) is 1. The van der Waals surface area contributed by atoms with Crippen LogP contribution in [0, 0.1) is 0 Å². The number of benzene rings is 1. The molecule has 2 atom stereocenters. The van der Waals surface area contributed by atoms with Crippen molar-refractivity contribution in [3.8, 4) is 0 Å². The van der Waals surface area contributed by atoms with E-state index in [4.69, 9.17) is 9.47 Å². The van der Waals surface area contributed by atoms with E-state index in [1.807, 2.05) is 35.2 Å². The van der Waals surface area contributed by atoms with Crippen LogP contribution in [-0.4, -0.2) is 59.7 Å². The molecular weight excluding hydrogens is 308 g/mol. The highest BCUT2D eigenvalue weighted by atomic mass is 16.5. The van der Waals surface area contributed by atoms with Crippen molar-refractivity contribution in [1.82, 2.24) is 9.80 Å². The summed E-state index contributed by atoms with van der Waals surface area (Å²) in [7, 11) is 0. The summed E-state index contributed by atoms with van der Waals surface area (Å²) in [5.74, 6) is 0.0408. The first-order chi connectivity index (χ1) is 11.7. The van der Waals surface area contributed by atoms with Crippen LogP contribution in [-0.2, 0) is 25.7 Å². The fourth-order valence-corrected chi connectivity index (χ4v) is 4.16. The van der Waals surface area contributed by atoms with Crippen molar-refractivity contribution in [3.05, 3.63) is 35.9 Å². The van der Waals surface area contributed by atoms with Crippen molar-refractivity contribution in [2.75, 3.05) is 26.3 Å². The van der Waals surface area contributed by atoms with Crippen LogP contribution in [0.15, 0.2) is 30.3 Å². The summed E-state index contributed by atoms with van der Waals surface area (Å²) in [5, 5.41) is 0. The van der Waals surface area contributed by atoms with Crippen LogP contribution in [0.5, 0.6) is 0 Å². The Morgan fingerprint density at radius 2 is 2.12 bits per heavy atom. The van der Waals surface area contributed by atoms with Crippen molar-refractivity contribution in [3.63, 3.8) is 0 Å². The summed E-state index contributed by atoms with van der Waals surface area (Å²) in [6.07, 6.45) is 1.94. The lowest BCUT2D eigenvalue weighted by atomic mass is 10.0. The zero-order valence-corrected chi connectivity index (χ0v) is 13.6. The van der Waals surface area contributed by atoms with Crippen LogP contribution in [0.1, 0.15) is 24.8 Å². The summed E-state index contributed by atoms with van der Waals surface area (Å²) in [4.78, 5) is 28.5. The van der Waals surface area contributed by atoms with Crippen LogP contribution in [0.2, 0.25) is 0 Å². The molecule has 6 nitrogen and oxygen atoms in total. The van der Waals surface area contributed by atoms with E-state index in [2.05, 4.69) is 0 Å². The first-order valence-electron chi connectivity index (χ1n) is 8.56. The van der Waals surface area contributed by atoms with Gasteiger partial charge in [0.25, 0.3) is 0 Å². The van der Waals surface area contributed by atoms with Crippen LogP contribution in [0.4, 0.5) is 0 Å². The van der Waals surface area contributed by atoms with Gasteiger partial charge in [-0.2, -0.15) is 0 Å². The molecule has 3 saturated heterocycles. The Morgan fingerprint density at radius 1 is 1.29 bits per heavy atom. The summed E-state index contributed by atoms with van der Waals surface area (Å²) in [6, 6.07) is 9.62. The lowest BCUT2D eigenvalue weighted by molar-refractivity contribution is -0.182. The molecule has 3 heterocycles. The van der Waals surface area contributed by atoms with Crippen molar-refractivity contribution < 1.29 is 19.1 Å². The number of amides is 2. The Labute approximate surface area is 141 Å². The third-order valence-corrected chi connectivity index (χ3v) is 5.27. The maximum absolute atomic E-state index is 12.6. The molecule has 6 heteroatoms. The second kappa shape index (κ2) is 6.18. The monoisotopic (exact) mass is 330 g/mol. The van der Waals surface area contributed by atoms with E-state index < -0.39 is 5.72 Å². The van der Waals surface area contributed by atoms with Crippen molar-refractivity contribution in [1.29, 1.82) is 0 Å². The van der Waals surface area contributed by atoms with Crippen molar-refractivity contribution >= 4 is 11.8 Å². The van der Waals surface area contributed by atoms with Gasteiger partial charge in [-0.1, -0.05) is 30.3 Å². The molecule has 1 aromatic carbocycles. The van der Waals surface area contributed by atoms with Gasteiger partial charge in [-0.05, 0) is 12.0 Å². The number of carbonyl (C=O) groups is 2. The van der Waals surface area contributed by atoms with Gasteiger partial charge in [0.15, 0.2) is 5.72 Å². The maximum atomic E-state index is 12.6. The van der Waals surface area contributed by atoms with E-state index in [9.17, 15) is 9.59 Å². The Bertz CT molecular complexity index is 635. The van der Waals surface area contributed by atoms with E-state index >= 15 is 0 Å². The first-order valence-corrected chi connectivity index (χ1v) is 8.56. The second-order valence-electron chi connectivity index (χ2n) is 6.63. The van der Waals surface area contributed by atoms with Crippen LogP contribution in [0.25, 0.3) is 0 Å². The van der Waals surface area contributed by atoms with E-state index in [1.165, 1.54) is 0 Å². The zero-order chi connectivity index (χ0) is 16.6. The lowest BCUT2D eigenvalue weighted by Gasteiger charge is -2.42. The van der Waals surface area contributed by atoms with Gasteiger partial charge in [-0.25, -0.2) is 0 Å².